The van der Waals surface area contributed by atoms with Gasteiger partial charge in [0.1, 0.15) is 5.75 Å². The fourth-order valence-corrected chi connectivity index (χ4v) is 2.70. The van der Waals surface area contributed by atoms with Crippen molar-refractivity contribution < 1.29 is 14.6 Å². The van der Waals surface area contributed by atoms with Gasteiger partial charge < -0.3 is 9.84 Å². The molecule has 0 atom stereocenters. The second-order valence-corrected chi connectivity index (χ2v) is 5.15. The molecule has 2 heterocycles. The Kier molecular flexibility index (Phi) is 3.25. The van der Waals surface area contributed by atoms with Crippen molar-refractivity contribution in [3.8, 4) is 10.9 Å². The average Bonchev–Trinajstić information content (AvgIpc) is 2.80. The van der Waals surface area contributed by atoms with Crippen molar-refractivity contribution in [1.29, 1.82) is 0 Å². The van der Waals surface area contributed by atoms with Gasteiger partial charge in [0.15, 0.2) is 10.0 Å². The molecular weight excluding hydrogens is 300 g/mol. The highest BCUT2D eigenvalue weighted by Gasteiger charge is 2.17. The SMILES string of the molecule is O=C(O)c1sc(Oc2cccc3ncccc23)nc1Cl. The molecule has 0 spiro atoms. The third-order valence-electron chi connectivity index (χ3n) is 2.56. The standard InChI is InChI=1S/C13H7ClN2O3S/c14-11-10(12(17)18)20-13(16-11)19-9-5-1-4-8-7(9)3-2-6-15-8/h1-6H,(H,17,18). The maximum Gasteiger partial charge on any atom is 0.349 e. The van der Waals surface area contributed by atoms with Gasteiger partial charge >= 0.3 is 5.97 Å². The predicted octanol–water partition coefficient (Wildman–Crippen LogP) is 3.84. The summed E-state index contributed by atoms with van der Waals surface area (Å²) in [5.41, 5.74) is 0.783. The number of pyridine rings is 1. The number of aromatic carboxylic acids is 1. The van der Waals surface area contributed by atoms with Gasteiger partial charge in [-0.25, -0.2) is 4.79 Å². The van der Waals surface area contributed by atoms with Crippen molar-refractivity contribution >= 4 is 39.8 Å². The van der Waals surface area contributed by atoms with Crippen molar-refractivity contribution in [2.45, 2.75) is 0 Å². The van der Waals surface area contributed by atoms with Crippen molar-refractivity contribution in [3.63, 3.8) is 0 Å². The summed E-state index contributed by atoms with van der Waals surface area (Å²) in [6.45, 7) is 0. The molecule has 2 aromatic heterocycles. The van der Waals surface area contributed by atoms with E-state index in [0.717, 1.165) is 22.2 Å². The van der Waals surface area contributed by atoms with E-state index in [4.69, 9.17) is 21.4 Å². The molecule has 3 rings (SSSR count). The Bertz CT molecular complexity index is 798. The molecule has 0 aliphatic carbocycles. The smallest absolute Gasteiger partial charge is 0.349 e. The first-order chi connectivity index (χ1) is 9.65. The van der Waals surface area contributed by atoms with Crippen LogP contribution in [-0.2, 0) is 0 Å². The molecular formula is C13H7ClN2O3S. The van der Waals surface area contributed by atoms with Gasteiger partial charge in [0.2, 0.25) is 0 Å². The van der Waals surface area contributed by atoms with E-state index in [-0.39, 0.29) is 15.2 Å². The van der Waals surface area contributed by atoms with E-state index in [0.29, 0.717) is 5.75 Å². The molecule has 0 saturated carbocycles. The lowest BCUT2D eigenvalue weighted by Gasteiger charge is -2.04. The van der Waals surface area contributed by atoms with Crippen LogP contribution in [0.4, 0.5) is 0 Å². The predicted molar refractivity (Wildman–Crippen MR) is 75.9 cm³/mol. The molecule has 7 heteroatoms. The number of carbonyl (C=O) groups is 1. The Balaban J connectivity index is 2.01. The second-order valence-electron chi connectivity index (χ2n) is 3.83. The number of halogens is 1. The number of hydrogen-bond acceptors (Lipinski definition) is 5. The number of aromatic nitrogens is 2. The van der Waals surface area contributed by atoms with Gasteiger partial charge in [0.25, 0.3) is 5.19 Å². The number of rotatable bonds is 3. The second kappa shape index (κ2) is 5.07. The van der Waals surface area contributed by atoms with Crippen LogP contribution in [0.25, 0.3) is 10.9 Å². The lowest BCUT2D eigenvalue weighted by atomic mass is 10.2. The molecule has 0 unspecified atom stereocenters. The van der Waals surface area contributed by atoms with Gasteiger partial charge in [-0.05, 0) is 24.3 Å². The normalized spacial score (nSPS) is 10.7. The van der Waals surface area contributed by atoms with Crippen molar-refractivity contribution in [3.05, 3.63) is 46.6 Å². The average molecular weight is 307 g/mol. The summed E-state index contributed by atoms with van der Waals surface area (Å²) in [4.78, 5) is 19.0. The quantitative estimate of drug-likeness (QED) is 0.796. The van der Waals surface area contributed by atoms with Crippen LogP contribution in [0, 0.1) is 0 Å². The Morgan fingerprint density at radius 3 is 2.90 bits per heavy atom. The first-order valence-electron chi connectivity index (χ1n) is 5.56. The van der Waals surface area contributed by atoms with E-state index in [1.54, 1.807) is 24.4 Å². The van der Waals surface area contributed by atoms with Gasteiger partial charge in [-0.15, -0.1) is 0 Å². The van der Waals surface area contributed by atoms with Crippen LogP contribution >= 0.6 is 22.9 Å². The van der Waals surface area contributed by atoms with Gasteiger partial charge in [-0.1, -0.05) is 29.0 Å². The minimum Gasteiger partial charge on any atom is -0.477 e. The van der Waals surface area contributed by atoms with E-state index in [1.165, 1.54) is 0 Å². The third-order valence-corrected chi connectivity index (χ3v) is 3.87. The molecule has 1 N–H and O–H groups in total. The topological polar surface area (TPSA) is 72.3 Å². The lowest BCUT2D eigenvalue weighted by Crippen LogP contribution is -1.91. The summed E-state index contributed by atoms with van der Waals surface area (Å²) < 4.78 is 5.62. The monoisotopic (exact) mass is 306 g/mol. The zero-order valence-corrected chi connectivity index (χ0v) is 11.5. The molecule has 0 fully saturated rings. The molecule has 100 valence electrons. The number of carboxylic acid groups (broad SMARTS) is 1. The number of carboxylic acids is 1. The van der Waals surface area contributed by atoms with Gasteiger partial charge in [-0.2, -0.15) is 4.98 Å². The fourth-order valence-electron chi connectivity index (χ4n) is 1.72. The van der Waals surface area contributed by atoms with Crippen LogP contribution in [0.15, 0.2) is 36.5 Å². The molecule has 0 saturated heterocycles. The largest absolute Gasteiger partial charge is 0.477 e. The fraction of sp³-hybridized carbons (Fsp3) is 0. The third kappa shape index (κ3) is 2.31. The number of fused-ring (bicyclic) bond motifs is 1. The summed E-state index contributed by atoms with van der Waals surface area (Å²) in [6, 6.07) is 9.09. The van der Waals surface area contributed by atoms with Crippen LogP contribution in [0.3, 0.4) is 0 Å². The van der Waals surface area contributed by atoms with E-state index in [2.05, 4.69) is 9.97 Å². The molecule has 3 aromatic rings. The number of ether oxygens (including phenoxy) is 1. The zero-order valence-electron chi connectivity index (χ0n) is 9.91. The molecule has 0 radical (unpaired) electrons. The summed E-state index contributed by atoms with van der Waals surface area (Å²) >= 11 is 6.64. The van der Waals surface area contributed by atoms with Crippen LogP contribution < -0.4 is 4.74 Å². The summed E-state index contributed by atoms with van der Waals surface area (Å²) in [6.07, 6.45) is 1.69. The van der Waals surface area contributed by atoms with Gasteiger partial charge in [0, 0.05) is 11.6 Å². The number of benzene rings is 1. The molecule has 0 amide bonds. The van der Waals surface area contributed by atoms with Crippen LogP contribution in [0.1, 0.15) is 9.67 Å². The summed E-state index contributed by atoms with van der Waals surface area (Å²) in [5, 5.41) is 9.87. The Labute approximate surface area is 122 Å². The Hall–Kier alpha value is -2.18. The Morgan fingerprint density at radius 1 is 1.30 bits per heavy atom. The number of hydrogen-bond donors (Lipinski definition) is 1. The van der Waals surface area contributed by atoms with E-state index < -0.39 is 5.97 Å². The maximum absolute atomic E-state index is 10.9. The van der Waals surface area contributed by atoms with Crippen LogP contribution in [0.2, 0.25) is 5.15 Å². The van der Waals surface area contributed by atoms with E-state index in [9.17, 15) is 4.79 Å². The van der Waals surface area contributed by atoms with Crippen LogP contribution in [0.5, 0.6) is 10.9 Å². The highest BCUT2D eigenvalue weighted by Crippen LogP contribution is 2.34. The molecule has 0 aliphatic heterocycles. The van der Waals surface area contributed by atoms with Crippen molar-refractivity contribution in [2.75, 3.05) is 0 Å². The molecule has 1 aromatic carbocycles. The molecule has 0 bridgehead atoms. The molecule has 0 aliphatic rings. The molecule has 5 nitrogen and oxygen atoms in total. The van der Waals surface area contributed by atoms with E-state index in [1.807, 2.05) is 12.1 Å². The lowest BCUT2D eigenvalue weighted by molar-refractivity contribution is 0.0702. The minimum absolute atomic E-state index is 0.0416. The molecule has 20 heavy (non-hydrogen) atoms. The number of thiazole rings is 1. The van der Waals surface area contributed by atoms with Crippen molar-refractivity contribution in [1.82, 2.24) is 9.97 Å². The van der Waals surface area contributed by atoms with Crippen molar-refractivity contribution in [2.24, 2.45) is 0 Å². The number of nitrogens with zero attached hydrogens (tertiary/aromatic N) is 2. The first-order valence-corrected chi connectivity index (χ1v) is 6.76. The Morgan fingerprint density at radius 2 is 2.15 bits per heavy atom. The van der Waals surface area contributed by atoms with Gasteiger partial charge in [-0.3, -0.25) is 4.98 Å². The summed E-state index contributed by atoms with van der Waals surface area (Å²) in [5.74, 6) is -0.570. The van der Waals surface area contributed by atoms with Gasteiger partial charge in [0.05, 0.1) is 5.52 Å². The van der Waals surface area contributed by atoms with Crippen LogP contribution in [-0.4, -0.2) is 21.0 Å². The zero-order chi connectivity index (χ0) is 14.1. The van der Waals surface area contributed by atoms with E-state index >= 15 is 0 Å². The highest BCUT2D eigenvalue weighted by atomic mass is 35.5. The first kappa shape index (κ1) is 12.8. The maximum atomic E-state index is 10.9. The minimum atomic E-state index is -1.12. The highest BCUT2D eigenvalue weighted by molar-refractivity contribution is 7.15. The summed E-state index contributed by atoms with van der Waals surface area (Å²) in [7, 11) is 0.